The Morgan fingerprint density at radius 3 is 2.79 bits per heavy atom. The maximum atomic E-state index is 11.3. The number of carbonyl (C=O) groups excluding carboxylic acids is 1. The number of benzene rings is 1. The van der Waals surface area contributed by atoms with Crippen molar-refractivity contribution in [2.45, 2.75) is 13.0 Å². The van der Waals surface area contributed by atoms with Crippen LogP contribution in [0.5, 0.6) is 0 Å². The third kappa shape index (κ3) is 1.45. The first-order chi connectivity index (χ1) is 6.83. The quantitative estimate of drug-likeness (QED) is 0.717. The third-order valence-electron chi connectivity index (χ3n) is 2.50. The van der Waals surface area contributed by atoms with Crippen LogP contribution in [0.15, 0.2) is 30.3 Å². The van der Waals surface area contributed by atoms with E-state index in [0.29, 0.717) is 13.2 Å². The van der Waals surface area contributed by atoms with Crippen LogP contribution in [0.2, 0.25) is 0 Å². The summed E-state index contributed by atoms with van der Waals surface area (Å²) < 4.78 is 5.01. The van der Waals surface area contributed by atoms with Crippen molar-refractivity contribution in [3.63, 3.8) is 0 Å². The normalized spacial score (nSPS) is 21.1. The zero-order valence-corrected chi connectivity index (χ0v) is 8.14. The first-order valence-corrected chi connectivity index (χ1v) is 4.81. The number of rotatable bonds is 2. The lowest BCUT2D eigenvalue weighted by Gasteiger charge is -2.19. The van der Waals surface area contributed by atoms with E-state index in [2.05, 4.69) is 0 Å². The van der Waals surface area contributed by atoms with Crippen molar-refractivity contribution >= 4 is 6.09 Å². The van der Waals surface area contributed by atoms with Gasteiger partial charge in [-0.15, -0.1) is 0 Å². The number of amides is 1. The Morgan fingerprint density at radius 2 is 2.14 bits per heavy atom. The molecule has 0 N–H and O–H groups in total. The first-order valence-electron chi connectivity index (χ1n) is 4.81. The third-order valence-corrected chi connectivity index (χ3v) is 2.50. The van der Waals surface area contributed by atoms with Gasteiger partial charge in [-0.25, -0.2) is 4.79 Å². The molecule has 3 heteroatoms. The Hall–Kier alpha value is -1.51. The van der Waals surface area contributed by atoms with Gasteiger partial charge in [0.25, 0.3) is 0 Å². The second kappa shape index (κ2) is 3.70. The Bertz CT molecular complexity index is 323. The van der Waals surface area contributed by atoms with E-state index in [9.17, 15) is 4.79 Å². The summed E-state index contributed by atoms with van der Waals surface area (Å²) in [5.74, 6) is 0. The number of nitrogens with zero attached hydrogens (tertiary/aromatic N) is 1. The van der Waals surface area contributed by atoms with Crippen molar-refractivity contribution in [3.05, 3.63) is 35.9 Å². The fraction of sp³-hybridized carbons (Fsp3) is 0.364. The van der Waals surface area contributed by atoms with Crippen molar-refractivity contribution < 1.29 is 9.53 Å². The van der Waals surface area contributed by atoms with E-state index in [1.54, 1.807) is 4.90 Å². The topological polar surface area (TPSA) is 29.5 Å². The summed E-state index contributed by atoms with van der Waals surface area (Å²) in [6.45, 7) is 3.12. The molecule has 0 spiro atoms. The molecule has 0 radical (unpaired) electrons. The molecule has 1 amide bonds. The molecule has 1 aromatic rings. The van der Waals surface area contributed by atoms with Crippen molar-refractivity contribution in [2.75, 3.05) is 13.2 Å². The van der Waals surface area contributed by atoms with Gasteiger partial charge in [0, 0.05) is 6.54 Å². The van der Waals surface area contributed by atoms with Gasteiger partial charge in [0.05, 0.1) is 6.04 Å². The number of likely N-dealkylation sites (N-methyl/N-ethyl adjacent to an activating group) is 1. The Labute approximate surface area is 83.3 Å². The molecular formula is C11H13NO2. The molecule has 0 aliphatic carbocycles. The van der Waals surface area contributed by atoms with Gasteiger partial charge in [-0.1, -0.05) is 30.3 Å². The highest BCUT2D eigenvalue weighted by Gasteiger charge is 2.32. The van der Waals surface area contributed by atoms with Crippen LogP contribution in [0, 0.1) is 0 Å². The number of cyclic esters (lactones) is 1. The molecule has 2 rings (SSSR count). The fourth-order valence-electron chi connectivity index (χ4n) is 1.75. The second-order valence-electron chi connectivity index (χ2n) is 3.29. The molecule has 74 valence electrons. The van der Waals surface area contributed by atoms with Gasteiger partial charge >= 0.3 is 6.09 Å². The molecule has 1 saturated heterocycles. The van der Waals surface area contributed by atoms with Crippen molar-refractivity contribution in [1.29, 1.82) is 0 Å². The summed E-state index contributed by atoms with van der Waals surface area (Å²) in [5, 5.41) is 0. The summed E-state index contributed by atoms with van der Waals surface area (Å²) in [7, 11) is 0. The molecule has 1 aromatic carbocycles. The van der Waals surface area contributed by atoms with E-state index in [-0.39, 0.29) is 12.1 Å². The Morgan fingerprint density at radius 1 is 1.43 bits per heavy atom. The van der Waals surface area contributed by atoms with E-state index >= 15 is 0 Å². The summed E-state index contributed by atoms with van der Waals surface area (Å²) in [4.78, 5) is 13.0. The molecule has 1 heterocycles. The van der Waals surface area contributed by atoms with Crippen molar-refractivity contribution in [1.82, 2.24) is 4.90 Å². The average molecular weight is 191 g/mol. The molecule has 0 aromatic heterocycles. The predicted octanol–water partition coefficient (Wildman–Crippen LogP) is 2.20. The molecule has 1 aliphatic heterocycles. The molecule has 14 heavy (non-hydrogen) atoms. The van der Waals surface area contributed by atoms with Gasteiger partial charge in [0.2, 0.25) is 0 Å². The molecule has 0 bridgehead atoms. The minimum Gasteiger partial charge on any atom is -0.447 e. The highest BCUT2D eigenvalue weighted by atomic mass is 16.6. The number of carbonyl (C=O) groups is 1. The summed E-state index contributed by atoms with van der Waals surface area (Å²) >= 11 is 0. The van der Waals surface area contributed by atoms with Crippen LogP contribution in [0.25, 0.3) is 0 Å². The molecule has 3 nitrogen and oxygen atoms in total. The second-order valence-corrected chi connectivity index (χ2v) is 3.29. The van der Waals surface area contributed by atoms with Crippen LogP contribution < -0.4 is 0 Å². The lowest BCUT2D eigenvalue weighted by atomic mass is 10.1. The zero-order chi connectivity index (χ0) is 9.97. The Kier molecular flexibility index (Phi) is 2.39. The summed E-state index contributed by atoms with van der Waals surface area (Å²) in [5.41, 5.74) is 1.14. The number of hydrogen-bond donors (Lipinski definition) is 0. The fourth-order valence-corrected chi connectivity index (χ4v) is 1.75. The monoisotopic (exact) mass is 191 g/mol. The lowest BCUT2D eigenvalue weighted by Crippen LogP contribution is -2.27. The minimum absolute atomic E-state index is 0.0914. The van der Waals surface area contributed by atoms with Gasteiger partial charge < -0.3 is 4.74 Å². The van der Waals surface area contributed by atoms with Crippen LogP contribution >= 0.6 is 0 Å². The van der Waals surface area contributed by atoms with Crippen LogP contribution in [0.1, 0.15) is 18.5 Å². The predicted molar refractivity (Wildman–Crippen MR) is 52.9 cm³/mol. The highest BCUT2D eigenvalue weighted by molar-refractivity contribution is 5.70. The van der Waals surface area contributed by atoms with Gasteiger partial charge in [0.1, 0.15) is 6.61 Å². The summed E-state index contributed by atoms with van der Waals surface area (Å²) in [6.07, 6.45) is -0.207. The maximum absolute atomic E-state index is 11.3. The molecular weight excluding hydrogens is 178 g/mol. The molecule has 0 saturated carbocycles. The van der Waals surface area contributed by atoms with Gasteiger partial charge in [-0.05, 0) is 12.5 Å². The van der Waals surface area contributed by atoms with Crippen molar-refractivity contribution in [2.24, 2.45) is 0 Å². The van der Waals surface area contributed by atoms with E-state index in [4.69, 9.17) is 4.74 Å². The molecule has 1 atom stereocenters. The highest BCUT2D eigenvalue weighted by Crippen LogP contribution is 2.26. The average Bonchev–Trinajstić information content (AvgIpc) is 2.61. The first kappa shape index (κ1) is 9.06. The minimum atomic E-state index is -0.207. The van der Waals surface area contributed by atoms with E-state index < -0.39 is 0 Å². The van der Waals surface area contributed by atoms with Gasteiger partial charge in [-0.3, -0.25) is 4.90 Å². The zero-order valence-electron chi connectivity index (χ0n) is 8.14. The summed E-state index contributed by atoms with van der Waals surface area (Å²) in [6, 6.07) is 10.1. The lowest BCUT2D eigenvalue weighted by molar-refractivity contribution is 0.159. The van der Waals surface area contributed by atoms with E-state index in [1.165, 1.54) is 0 Å². The Balaban J connectivity index is 2.23. The maximum Gasteiger partial charge on any atom is 0.410 e. The van der Waals surface area contributed by atoms with Crippen molar-refractivity contribution in [3.8, 4) is 0 Å². The van der Waals surface area contributed by atoms with Crippen LogP contribution in [-0.4, -0.2) is 24.1 Å². The smallest absolute Gasteiger partial charge is 0.410 e. The largest absolute Gasteiger partial charge is 0.447 e. The standard InChI is InChI=1S/C11H13NO2/c1-2-12-10(8-14-11(12)13)9-6-4-3-5-7-9/h3-7,10H,2,8H2,1H3/t10-/m0/s1. The molecule has 0 unspecified atom stereocenters. The van der Waals surface area contributed by atoms with Crippen LogP contribution in [0.4, 0.5) is 4.79 Å². The molecule has 1 aliphatic rings. The van der Waals surface area contributed by atoms with Gasteiger partial charge in [0.15, 0.2) is 0 Å². The SMILES string of the molecule is CCN1C(=O)OC[C@H]1c1ccccc1. The number of ether oxygens (including phenoxy) is 1. The number of hydrogen-bond acceptors (Lipinski definition) is 2. The van der Waals surface area contributed by atoms with Crippen LogP contribution in [0.3, 0.4) is 0 Å². The van der Waals surface area contributed by atoms with Crippen LogP contribution in [-0.2, 0) is 4.74 Å². The van der Waals surface area contributed by atoms with Gasteiger partial charge in [-0.2, -0.15) is 0 Å². The van der Waals surface area contributed by atoms with E-state index in [0.717, 1.165) is 5.56 Å². The molecule has 1 fully saturated rings. The van der Waals surface area contributed by atoms with E-state index in [1.807, 2.05) is 37.3 Å².